The van der Waals surface area contributed by atoms with E-state index in [1.165, 1.54) is 37.5 Å². The summed E-state index contributed by atoms with van der Waals surface area (Å²) in [4.78, 5) is 19.6. The Labute approximate surface area is 159 Å². The second-order valence-corrected chi connectivity index (χ2v) is 8.04. The molecule has 0 aliphatic heterocycles. The topological polar surface area (TPSA) is 128 Å². The van der Waals surface area contributed by atoms with Crippen LogP contribution in [-0.2, 0) is 16.6 Å². The van der Waals surface area contributed by atoms with Crippen LogP contribution < -0.4 is 10.4 Å². The van der Waals surface area contributed by atoms with Crippen molar-refractivity contribution in [2.75, 3.05) is 7.05 Å². The second kappa shape index (κ2) is 7.43. The average molecular weight is 411 g/mol. The summed E-state index contributed by atoms with van der Waals surface area (Å²) in [6, 6.07) is 8.97. The van der Waals surface area contributed by atoms with E-state index >= 15 is 0 Å². The molecule has 0 atom stereocenters. The van der Waals surface area contributed by atoms with Crippen LogP contribution in [0.2, 0.25) is 5.02 Å². The molecular formula is C16H15ClN4O5S. The molecular weight excluding hydrogens is 396 g/mol. The zero-order valence-corrected chi connectivity index (χ0v) is 15.6. The van der Waals surface area contributed by atoms with Gasteiger partial charge in [0, 0.05) is 19.3 Å². The van der Waals surface area contributed by atoms with Crippen LogP contribution in [-0.4, -0.2) is 39.8 Å². The summed E-state index contributed by atoms with van der Waals surface area (Å²) in [5.41, 5.74) is -0.551. The lowest BCUT2D eigenvalue weighted by Gasteiger charge is -2.16. The Kier molecular flexibility index (Phi) is 5.22. The fourth-order valence-corrected chi connectivity index (χ4v) is 3.49. The molecule has 2 aromatic heterocycles. The molecule has 0 bridgehead atoms. The van der Waals surface area contributed by atoms with Gasteiger partial charge in [-0.3, -0.25) is 4.98 Å². The van der Waals surface area contributed by atoms with E-state index in [9.17, 15) is 18.3 Å². The Bertz CT molecular complexity index is 1090. The number of halogens is 1. The van der Waals surface area contributed by atoms with Crippen LogP contribution >= 0.6 is 11.6 Å². The van der Waals surface area contributed by atoms with Gasteiger partial charge in [0.1, 0.15) is 5.75 Å². The molecule has 9 nitrogen and oxygen atoms in total. The SMILES string of the molecule is CN(Cc1[nH]c(=O)[nH]c1O)S(=O)(=O)c1ccc(Oc2ccc(Cl)cn2)cc1. The molecule has 0 aliphatic rings. The largest absolute Gasteiger partial charge is 0.493 e. The van der Waals surface area contributed by atoms with Crippen LogP contribution in [0.15, 0.2) is 52.3 Å². The Morgan fingerprint density at radius 1 is 1.19 bits per heavy atom. The van der Waals surface area contributed by atoms with E-state index in [0.29, 0.717) is 16.7 Å². The monoisotopic (exact) mass is 410 g/mol. The average Bonchev–Trinajstić information content (AvgIpc) is 2.94. The third-order valence-electron chi connectivity index (χ3n) is 3.62. The summed E-state index contributed by atoms with van der Waals surface area (Å²) >= 11 is 5.76. The first kappa shape index (κ1) is 19.0. The van der Waals surface area contributed by atoms with E-state index in [-0.39, 0.29) is 17.1 Å². The van der Waals surface area contributed by atoms with Crippen molar-refractivity contribution in [1.29, 1.82) is 0 Å². The maximum atomic E-state index is 12.6. The summed E-state index contributed by atoms with van der Waals surface area (Å²) in [5, 5.41) is 10.0. The van der Waals surface area contributed by atoms with E-state index in [4.69, 9.17) is 16.3 Å². The number of imidazole rings is 1. The maximum Gasteiger partial charge on any atom is 0.326 e. The van der Waals surface area contributed by atoms with Gasteiger partial charge >= 0.3 is 5.69 Å². The lowest BCUT2D eigenvalue weighted by Crippen LogP contribution is -2.26. The molecule has 3 aromatic rings. The number of hydrogen-bond donors (Lipinski definition) is 3. The lowest BCUT2D eigenvalue weighted by atomic mass is 10.3. The quantitative estimate of drug-likeness (QED) is 0.570. The number of pyridine rings is 1. The van der Waals surface area contributed by atoms with E-state index in [2.05, 4.69) is 15.0 Å². The highest BCUT2D eigenvalue weighted by Gasteiger charge is 2.23. The number of aromatic nitrogens is 3. The highest BCUT2D eigenvalue weighted by molar-refractivity contribution is 7.89. The third kappa shape index (κ3) is 4.30. The standard InChI is InChI=1S/C16H15ClN4O5S/c1-21(9-13-15(22)20-16(23)19-13)27(24,25)12-5-3-11(4-6-12)26-14-7-2-10(17)8-18-14/h2-8,22H,9H2,1H3,(H2,19,20,23). The number of hydrogen-bond acceptors (Lipinski definition) is 6. The van der Waals surface area contributed by atoms with Gasteiger partial charge in [-0.25, -0.2) is 18.2 Å². The Hall–Kier alpha value is -2.82. The summed E-state index contributed by atoms with van der Waals surface area (Å²) in [7, 11) is -2.51. The summed E-state index contributed by atoms with van der Waals surface area (Å²) in [5.74, 6) is 0.319. The molecule has 27 heavy (non-hydrogen) atoms. The molecule has 0 saturated heterocycles. The van der Waals surface area contributed by atoms with Crippen molar-refractivity contribution in [3.8, 4) is 17.5 Å². The number of ether oxygens (including phenoxy) is 1. The molecule has 0 unspecified atom stereocenters. The Morgan fingerprint density at radius 3 is 2.44 bits per heavy atom. The number of aromatic hydroxyl groups is 1. The van der Waals surface area contributed by atoms with E-state index in [1.807, 2.05) is 0 Å². The van der Waals surface area contributed by atoms with Gasteiger partial charge in [-0.1, -0.05) is 11.6 Å². The van der Waals surface area contributed by atoms with Crippen molar-refractivity contribution in [1.82, 2.24) is 19.3 Å². The summed E-state index contributed by atoms with van der Waals surface area (Å²) in [6.45, 7) is -0.208. The Balaban J connectivity index is 1.75. The fourth-order valence-electron chi connectivity index (χ4n) is 2.24. The molecule has 0 fully saturated rings. The predicted octanol–water partition coefficient (Wildman–Crippen LogP) is 2.07. The maximum absolute atomic E-state index is 12.6. The van der Waals surface area contributed by atoms with Gasteiger partial charge < -0.3 is 14.8 Å². The predicted molar refractivity (Wildman–Crippen MR) is 97.5 cm³/mol. The fraction of sp³-hybridized carbons (Fsp3) is 0.125. The van der Waals surface area contributed by atoms with Crippen LogP contribution in [0.4, 0.5) is 0 Å². The van der Waals surface area contributed by atoms with Gasteiger partial charge in [-0.15, -0.1) is 0 Å². The first-order valence-electron chi connectivity index (χ1n) is 7.61. The van der Waals surface area contributed by atoms with Crippen LogP contribution in [0.25, 0.3) is 0 Å². The molecule has 11 heteroatoms. The van der Waals surface area contributed by atoms with E-state index in [1.54, 1.807) is 12.1 Å². The van der Waals surface area contributed by atoms with Crippen molar-refractivity contribution in [3.05, 3.63) is 63.8 Å². The van der Waals surface area contributed by atoms with Gasteiger partial charge in [0.15, 0.2) is 0 Å². The van der Waals surface area contributed by atoms with Crippen molar-refractivity contribution < 1.29 is 18.3 Å². The molecule has 0 aliphatic carbocycles. The van der Waals surface area contributed by atoms with Crippen LogP contribution in [0.1, 0.15) is 5.69 Å². The highest BCUT2D eigenvalue weighted by Crippen LogP contribution is 2.24. The molecule has 1 aromatic carbocycles. The number of aromatic amines is 2. The first-order chi connectivity index (χ1) is 12.8. The van der Waals surface area contributed by atoms with E-state index in [0.717, 1.165) is 4.31 Å². The summed E-state index contributed by atoms with van der Waals surface area (Å²) < 4.78 is 31.8. The number of nitrogens with zero attached hydrogens (tertiary/aromatic N) is 2. The van der Waals surface area contributed by atoms with Crippen LogP contribution in [0.5, 0.6) is 17.5 Å². The van der Waals surface area contributed by atoms with Crippen molar-refractivity contribution in [2.45, 2.75) is 11.4 Å². The number of rotatable bonds is 6. The molecule has 0 spiro atoms. The zero-order chi connectivity index (χ0) is 19.6. The van der Waals surface area contributed by atoms with Gasteiger partial charge in [-0.2, -0.15) is 4.31 Å². The normalized spacial score (nSPS) is 11.7. The second-order valence-electron chi connectivity index (χ2n) is 5.56. The molecule has 0 amide bonds. The van der Waals surface area contributed by atoms with Gasteiger partial charge in [-0.05, 0) is 30.3 Å². The van der Waals surface area contributed by atoms with Gasteiger partial charge in [0.25, 0.3) is 0 Å². The molecule has 0 radical (unpaired) electrons. The van der Waals surface area contributed by atoms with Crippen LogP contribution in [0, 0.1) is 0 Å². The zero-order valence-electron chi connectivity index (χ0n) is 14.0. The lowest BCUT2D eigenvalue weighted by molar-refractivity contribution is 0.423. The first-order valence-corrected chi connectivity index (χ1v) is 9.43. The van der Waals surface area contributed by atoms with Crippen molar-refractivity contribution in [2.24, 2.45) is 0 Å². The van der Waals surface area contributed by atoms with Gasteiger partial charge in [0.2, 0.25) is 21.8 Å². The number of nitrogens with one attached hydrogen (secondary N) is 2. The smallest absolute Gasteiger partial charge is 0.326 e. The minimum Gasteiger partial charge on any atom is -0.493 e. The Morgan fingerprint density at radius 2 is 1.89 bits per heavy atom. The molecule has 0 saturated carbocycles. The van der Waals surface area contributed by atoms with Crippen molar-refractivity contribution in [3.63, 3.8) is 0 Å². The molecule has 3 rings (SSSR count). The molecule has 2 heterocycles. The number of benzene rings is 1. The molecule has 142 valence electrons. The number of sulfonamides is 1. The van der Waals surface area contributed by atoms with Gasteiger partial charge in [0.05, 0.1) is 22.2 Å². The highest BCUT2D eigenvalue weighted by atomic mass is 35.5. The number of H-pyrrole nitrogens is 2. The van der Waals surface area contributed by atoms with Crippen molar-refractivity contribution >= 4 is 21.6 Å². The molecule has 3 N–H and O–H groups in total. The minimum atomic E-state index is -3.84. The van der Waals surface area contributed by atoms with E-state index < -0.39 is 21.6 Å². The third-order valence-corrected chi connectivity index (χ3v) is 5.66. The minimum absolute atomic E-state index is 0.0267. The summed E-state index contributed by atoms with van der Waals surface area (Å²) in [6.07, 6.45) is 1.44. The van der Waals surface area contributed by atoms with Crippen LogP contribution in [0.3, 0.4) is 0 Å².